The van der Waals surface area contributed by atoms with Crippen LogP contribution in [0.3, 0.4) is 0 Å². The summed E-state index contributed by atoms with van der Waals surface area (Å²) < 4.78 is 3.50. The molecule has 0 saturated carbocycles. The lowest BCUT2D eigenvalue weighted by Gasteiger charge is -2.12. The van der Waals surface area contributed by atoms with Crippen LogP contribution in [0.1, 0.15) is 5.56 Å². The highest BCUT2D eigenvalue weighted by Gasteiger charge is 2.19. The number of halogens is 2. The molecule has 4 rings (SSSR count). The summed E-state index contributed by atoms with van der Waals surface area (Å²) in [5, 5.41) is 12.1. The van der Waals surface area contributed by atoms with Gasteiger partial charge in [0.05, 0.1) is 17.6 Å². The molecule has 0 bridgehead atoms. The first-order chi connectivity index (χ1) is 15.0. The molecular formula is C21H16Br2N6OS. The van der Waals surface area contributed by atoms with Crippen molar-refractivity contribution in [3.05, 3.63) is 75.6 Å². The number of aromatic nitrogens is 5. The molecule has 10 heteroatoms. The van der Waals surface area contributed by atoms with Crippen molar-refractivity contribution in [1.82, 2.24) is 24.7 Å². The molecule has 4 aromatic rings. The van der Waals surface area contributed by atoms with Gasteiger partial charge in [0.2, 0.25) is 5.91 Å². The molecule has 2 aromatic heterocycles. The third-order valence-corrected chi connectivity index (χ3v) is 6.40. The Morgan fingerprint density at radius 1 is 1.10 bits per heavy atom. The van der Waals surface area contributed by atoms with Crippen LogP contribution in [-0.4, -0.2) is 36.4 Å². The van der Waals surface area contributed by atoms with E-state index < -0.39 is 0 Å². The van der Waals surface area contributed by atoms with Crippen LogP contribution >= 0.6 is 43.6 Å². The van der Waals surface area contributed by atoms with Gasteiger partial charge < -0.3 is 5.32 Å². The Morgan fingerprint density at radius 3 is 2.52 bits per heavy atom. The number of carbonyl (C=O) groups is 1. The average molecular weight is 560 g/mol. The van der Waals surface area contributed by atoms with Crippen LogP contribution in [0.2, 0.25) is 0 Å². The lowest BCUT2D eigenvalue weighted by atomic mass is 10.2. The van der Waals surface area contributed by atoms with E-state index in [2.05, 4.69) is 57.3 Å². The Kier molecular flexibility index (Phi) is 6.79. The second-order valence-electron chi connectivity index (χ2n) is 6.51. The summed E-state index contributed by atoms with van der Waals surface area (Å²) in [6.45, 7) is 1.99. The number of hydrogen-bond acceptors (Lipinski definition) is 6. The number of rotatable bonds is 6. The van der Waals surface area contributed by atoms with Crippen LogP contribution in [0, 0.1) is 6.92 Å². The average Bonchev–Trinajstić information content (AvgIpc) is 3.20. The van der Waals surface area contributed by atoms with Gasteiger partial charge in [-0.3, -0.25) is 14.3 Å². The smallest absolute Gasteiger partial charge is 0.234 e. The number of amides is 1. The minimum atomic E-state index is -0.154. The molecule has 0 saturated heterocycles. The van der Waals surface area contributed by atoms with Gasteiger partial charge in [-0.15, -0.1) is 10.2 Å². The largest absolute Gasteiger partial charge is 0.323 e. The van der Waals surface area contributed by atoms with Crippen LogP contribution in [0.15, 0.2) is 75.2 Å². The molecular weight excluding hydrogens is 544 g/mol. The van der Waals surface area contributed by atoms with Crippen molar-refractivity contribution < 1.29 is 4.79 Å². The summed E-state index contributed by atoms with van der Waals surface area (Å²) in [4.78, 5) is 21.1. The number of para-hydroxylation sites is 1. The molecule has 0 aliphatic heterocycles. The first-order valence-electron chi connectivity index (χ1n) is 9.18. The van der Waals surface area contributed by atoms with Crippen molar-refractivity contribution in [3.8, 4) is 17.2 Å². The van der Waals surface area contributed by atoms with E-state index in [-0.39, 0.29) is 11.7 Å². The normalized spacial score (nSPS) is 10.8. The maximum atomic E-state index is 12.6. The van der Waals surface area contributed by atoms with E-state index in [9.17, 15) is 4.79 Å². The third kappa shape index (κ3) is 5.03. The second kappa shape index (κ2) is 9.71. The van der Waals surface area contributed by atoms with Gasteiger partial charge in [-0.1, -0.05) is 30.0 Å². The fourth-order valence-corrected chi connectivity index (χ4v) is 5.24. The number of hydrogen-bond donors (Lipinski definition) is 1. The predicted octanol–water partition coefficient (Wildman–Crippen LogP) is 5.29. The van der Waals surface area contributed by atoms with Gasteiger partial charge in [-0.25, -0.2) is 4.98 Å². The highest BCUT2D eigenvalue weighted by Crippen LogP contribution is 2.33. The molecule has 1 N–H and O–H groups in total. The van der Waals surface area contributed by atoms with Gasteiger partial charge in [-0.05, 0) is 68.6 Å². The van der Waals surface area contributed by atoms with Gasteiger partial charge in [-0.2, -0.15) is 0 Å². The zero-order chi connectivity index (χ0) is 21.8. The van der Waals surface area contributed by atoms with Crippen molar-refractivity contribution in [2.24, 2.45) is 0 Å². The predicted molar refractivity (Wildman–Crippen MR) is 128 cm³/mol. The minimum Gasteiger partial charge on any atom is -0.323 e. The molecule has 1 amide bonds. The van der Waals surface area contributed by atoms with E-state index >= 15 is 0 Å². The van der Waals surface area contributed by atoms with Gasteiger partial charge in [0.15, 0.2) is 11.0 Å². The van der Waals surface area contributed by atoms with Crippen molar-refractivity contribution in [2.45, 2.75) is 12.1 Å². The number of thioether (sulfide) groups is 1. The number of nitrogens with one attached hydrogen (secondary N) is 1. The lowest BCUT2D eigenvalue weighted by Crippen LogP contribution is -2.15. The summed E-state index contributed by atoms with van der Waals surface area (Å²) in [5.41, 5.74) is 3.25. The molecule has 2 aromatic carbocycles. The van der Waals surface area contributed by atoms with Crippen LogP contribution in [0.25, 0.3) is 17.2 Å². The third-order valence-electron chi connectivity index (χ3n) is 4.22. The van der Waals surface area contributed by atoms with E-state index in [1.165, 1.54) is 11.8 Å². The summed E-state index contributed by atoms with van der Waals surface area (Å²) in [7, 11) is 0. The first-order valence-corrected chi connectivity index (χ1v) is 11.8. The van der Waals surface area contributed by atoms with Crippen LogP contribution in [0.5, 0.6) is 0 Å². The van der Waals surface area contributed by atoms with Gasteiger partial charge in [0.25, 0.3) is 0 Å². The van der Waals surface area contributed by atoms with E-state index in [0.717, 1.165) is 20.2 Å². The van der Waals surface area contributed by atoms with E-state index in [1.54, 1.807) is 18.6 Å². The van der Waals surface area contributed by atoms with Gasteiger partial charge in [0.1, 0.15) is 5.69 Å². The van der Waals surface area contributed by atoms with E-state index in [4.69, 9.17) is 0 Å². The summed E-state index contributed by atoms with van der Waals surface area (Å²) >= 11 is 8.30. The Morgan fingerprint density at radius 2 is 1.84 bits per heavy atom. The molecule has 7 nitrogen and oxygen atoms in total. The molecule has 31 heavy (non-hydrogen) atoms. The fourth-order valence-electron chi connectivity index (χ4n) is 2.88. The molecule has 2 heterocycles. The SMILES string of the molecule is Cc1cc(Br)c(NC(=O)CSc2nnc(-c3cnccn3)n2-c2ccccc2)c(Br)c1. The topological polar surface area (TPSA) is 85.6 Å². The van der Waals surface area contributed by atoms with Gasteiger partial charge >= 0.3 is 0 Å². The van der Waals surface area contributed by atoms with E-state index in [1.807, 2.05) is 54.0 Å². The molecule has 0 radical (unpaired) electrons. The zero-order valence-electron chi connectivity index (χ0n) is 16.3. The maximum absolute atomic E-state index is 12.6. The summed E-state index contributed by atoms with van der Waals surface area (Å²) in [6, 6.07) is 13.6. The van der Waals surface area contributed by atoms with Gasteiger partial charge in [0, 0.05) is 27.0 Å². The number of anilines is 1. The molecule has 0 unspecified atom stereocenters. The highest BCUT2D eigenvalue weighted by molar-refractivity contribution is 9.11. The number of carbonyl (C=O) groups excluding carboxylic acids is 1. The van der Waals surface area contributed by atoms with E-state index in [0.29, 0.717) is 22.4 Å². The van der Waals surface area contributed by atoms with Crippen molar-refractivity contribution in [2.75, 3.05) is 11.1 Å². The Bertz CT molecular complexity index is 1190. The second-order valence-corrected chi connectivity index (χ2v) is 9.16. The van der Waals surface area contributed by atoms with Crippen molar-refractivity contribution >= 4 is 55.2 Å². The summed E-state index contributed by atoms with van der Waals surface area (Å²) in [6.07, 6.45) is 4.85. The number of nitrogens with zero attached hydrogens (tertiary/aromatic N) is 5. The fraction of sp³-hybridized carbons (Fsp3) is 0.0952. The van der Waals surface area contributed by atoms with Crippen molar-refractivity contribution in [1.29, 1.82) is 0 Å². The molecule has 0 spiro atoms. The zero-order valence-corrected chi connectivity index (χ0v) is 20.3. The first kappa shape index (κ1) is 21.7. The quantitative estimate of drug-likeness (QED) is 0.323. The van der Waals surface area contributed by atoms with Crippen LogP contribution in [-0.2, 0) is 4.79 Å². The Hall–Kier alpha value is -2.56. The highest BCUT2D eigenvalue weighted by atomic mass is 79.9. The maximum Gasteiger partial charge on any atom is 0.234 e. The monoisotopic (exact) mass is 558 g/mol. The van der Waals surface area contributed by atoms with Crippen LogP contribution in [0.4, 0.5) is 5.69 Å². The Balaban J connectivity index is 1.58. The Labute approximate surface area is 200 Å². The summed E-state index contributed by atoms with van der Waals surface area (Å²) in [5.74, 6) is 0.572. The molecule has 0 aliphatic carbocycles. The molecule has 0 fully saturated rings. The molecule has 156 valence electrons. The standard InChI is InChI=1S/C21H16Br2N6OS/c1-13-9-15(22)19(16(23)10-13)26-18(30)12-31-21-28-27-20(17-11-24-7-8-25-17)29(21)14-5-3-2-4-6-14/h2-11H,12H2,1H3,(H,26,30). The molecule has 0 aliphatic rings. The van der Waals surface area contributed by atoms with Crippen molar-refractivity contribution in [3.63, 3.8) is 0 Å². The number of benzene rings is 2. The van der Waals surface area contributed by atoms with Crippen LogP contribution < -0.4 is 5.32 Å². The molecule has 0 atom stereocenters. The minimum absolute atomic E-state index is 0.154. The lowest BCUT2D eigenvalue weighted by molar-refractivity contribution is -0.113. The number of aryl methyl sites for hydroxylation is 1.